The summed E-state index contributed by atoms with van der Waals surface area (Å²) in [5.41, 5.74) is 1.17. The molecule has 1 unspecified atom stereocenters. The molecule has 0 radical (unpaired) electrons. The van der Waals surface area contributed by atoms with Crippen LogP contribution in [0, 0.1) is 18.6 Å². The third-order valence-electron chi connectivity index (χ3n) is 8.75. The molecule has 3 aromatic rings. The van der Waals surface area contributed by atoms with E-state index in [1.807, 2.05) is 0 Å². The molecule has 4 N–H and O–H groups in total. The second-order valence-corrected chi connectivity index (χ2v) is 11.9. The third kappa shape index (κ3) is 5.71. The maximum Gasteiger partial charge on any atom is 0.417 e. The minimum atomic E-state index is -5.07. The lowest BCUT2D eigenvalue weighted by Crippen LogP contribution is -2.43. The van der Waals surface area contributed by atoms with Gasteiger partial charge in [-0.25, -0.2) is 18.2 Å². The van der Waals surface area contributed by atoms with Gasteiger partial charge in [-0.05, 0) is 69.8 Å². The number of ether oxygens (including phenoxy) is 2. The molecule has 45 heavy (non-hydrogen) atoms. The number of hydrogen-bond donors (Lipinski definition) is 3. The van der Waals surface area contributed by atoms with Crippen LogP contribution in [0.5, 0.6) is 11.9 Å². The van der Waals surface area contributed by atoms with Gasteiger partial charge in [0.15, 0.2) is 5.82 Å². The molecule has 3 aliphatic rings. The van der Waals surface area contributed by atoms with E-state index in [1.165, 1.54) is 0 Å². The Morgan fingerprint density at radius 1 is 1.18 bits per heavy atom. The molecule has 2 fully saturated rings. The van der Waals surface area contributed by atoms with Crippen LogP contribution >= 0.6 is 0 Å². The zero-order valence-electron chi connectivity index (χ0n) is 24.8. The third-order valence-corrected chi connectivity index (χ3v) is 8.75. The summed E-state index contributed by atoms with van der Waals surface area (Å²) in [6, 6.07) is 0.489. The van der Waals surface area contributed by atoms with Crippen LogP contribution in [0.4, 0.5) is 37.8 Å². The number of pyridine rings is 1. The van der Waals surface area contributed by atoms with Crippen LogP contribution in [0.15, 0.2) is 18.0 Å². The molecule has 9 nitrogen and oxygen atoms in total. The van der Waals surface area contributed by atoms with E-state index >= 15 is 4.39 Å². The number of aromatic nitrogens is 3. The molecule has 242 valence electrons. The predicted octanol–water partition coefficient (Wildman–Crippen LogP) is 5.52. The van der Waals surface area contributed by atoms with Gasteiger partial charge in [-0.3, -0.25) is 4.90 Å². The fraction of sp³-hybridized carbons (Fsp3) is 0.500. The van der Waals surface area contributed by atoms with Gasteiger partial charge in [0, 0.05) is 25.2 Å². The van der Waals surface area contributed by atoms with Crippen molar-refractivity contribution >= 4 is 22.4 Å². The van der Waals surface area contributed by atoms with Crippen LogP contribution in [0.1, 0.15) is 43.7 Å². The van der Waals surface area contributed by atoms with E-state index in [-0.39, 0.29) is 29.7 Å². The Hall–Kier alpha value is -3.85. The lowest BCUT2D eigenvalue weighted by molar-refractivity contribution is -0.137. The quantitative estimate of drug-likeness (QED) is 0.252. The van der Waals surface area contributed by atoms with Crippen LogP contribution in [-0.2, 0) is 6.18 Å². The summed E-state index contributed by atoms with van der Waals surface area (Å²) < 4.78 is 99.7. The number of fused-ring (bicyclic) bond motifs is 1. The number of nitrogens with one attached hydrogen (secondary N) is 2. The number of anilines is 2. The molecule has 5 heterocycles. The van der Waals surface area contributed by atoms with E-state index in [0.717, 1.165) is 32.4 Å². The van der Waals surface area contributed by atoms with Crippen LogP contribution in [-0.4, -0.2) is 70.8 Å². The highest BCUT2D eigenvalue weighted by Gasteiger charge is 2.47. The van der Waals surface area contributed by atoms with Gasteiger partial charge in [-0.2, -0.15) is 23.1 Å². The number of halogens is 6. The first-order chi connectivity index (χ1) is 21.4. The molecule has 2 saturated heterocycles. The van der Waals surface area contributed by atoms with Crippen LogP contribution in [0.25, 0.3) is 22.2 Å². The van der Waals surface area contributed by atoms with Crippen molar-refractivity contribution in [2.75, 3.05) is 50.4 Å². The van der Waals surface area contributed by atoms with E-state index in [4.69, 9.17) is 15.2 Å². The monoisotopic (exact) mass is 637 g/mol. The van der Waals surface area contributed by atoms with E-state index in [2.05, 4.69) is 30.5 Å². The van der Waals surface area contributed by atoms with Crippen molar-refractivity contribution in [2.45, 2.75) is 57.3 Å². The summed E-state index contributed by atoms with van der Waals surface area (Å²) in [6.07, 6.45) is -2.33. The summed E-state index contributed by atoms with van der Waals surface area (Å²) in [5.74, 6) is -2.56. The van der Waals surface area contributed by atoms with Gasteiger partial charge < -0.3 is 25.8 Å². The van der Waals surface area contributed by atoms with E-state index in [9.17, 15) is 22.0 Å². The highest BCUT2D eigenvalue weighted by Crippen LogP contribution is 2.45. The molecule has 2 aromatic heterocycles. The number of nitrogens with zero attached hydrogens (tertiary/aromatic N) is 4. The largest absolute Gasteiger partial charge is 0.474 e. The number of nitrogen functional groups attached to an aromatic ring is 1. The summed E-state index contributed by atoms with van der Waals surface area (Å²) in [5, 5.41) is 6.38. The van der Waals surface area contributed by atoms with Crippen molar-refractivity contribution in [3.8, 4) is 23.1 Å². The zero-order chi connectivity index (χ0) is 32.1. The predicted molar refractivity (Wildman–Crippen MR) is 156 cm³/mol. The Kier molecular flexibility index (Phi) is 8.18. The molecule has 6 rings (SSSR count). The van der Waals surface area contributed by atoms with Gasteiger partial charge in [-0.1, -0.05) is 0 Å². The number of rotatable bonds is 4. The minimum absolute atomic E-state index is 0.0156. The Morgan fingerprint density at radius 2 is 1.98 bits per heavy atom. The molecule has 2 atom stereocenters. The molecular weight excluding hydrogens is 604 g/mol. The smallest absolute Gasteiger partial charge is 0.417 e. The normalized spacial score (nSPS) is 23.5. The average molecular weight is 638 g/mol. The number of nitrogens with two attached hydrogens (primary N) is 1. The van der Waals surface area contributed by atoms with Gasteiger partial charge in [0.1, 0.15) is 34.8 Å². The van der Waals surface area contributed by atoms with Crippen molar-refractivity contribution in [1.82, 2.24) is 25.2 Å². The maximum atomic E-state index is 16.6. The molecule has 1 aromatic carbocycles. The second kappa shape index (κ2) is 11.8. The van der Waals surface area contributed by atoms with Crippen LogP contribution < -0.4 is 25.8 Å². The number of benzene rings is 1. The first kappa shape index (κ1) is 31.1. The standard InChI is InChI=1S/C30H33F6N7O2/c1-15-4-6-38-7-8-39-26-20-25(41-28(42-26)44-14-29-5-3-9-43(29)13-17(11-29)12-31)23(33)24(40-27(20)45-15)18-10-19(37)22(32)16(2)21(18)30(34,35)36/h10,12,15,38H,3-9,11,13-14,37H2,1-2H3,(H,39,41,42)/b17-12-/t15-,29?/m0/s1. The summed E-state index contributed by atoms with van der Waals surface area (Å²) >= 11 is 0. The molecule has 0 spiro atoms. The molecular formula is C30H33F6N7O2. The number of hydrogen-bond acceptors (Lipinski definition) is 9. The summed E-state index contributed by atoms with van der Waals surface area (Å²) in [6.45, 7) is 5.45. The summed E-state index contributed by atoms with van der Waals surface area (Å²) in [7, 11) is 0. The molecule has 15 heteroatoms. The van der Waals surface area contributed by atoms with Gasteiger partial charge in [0.05, 0.1) is 29.2 Å². The van der Waals surface area contributed by atoms with Crippen LogP contribution in [0.3, 0.4) is 0 Å². The lowest BCUT2D eigenvalue weighted by Gasteiger charge is -2.30. The van der Waals surface area contributed by atoms with Gasteiger partial charge in [0.25, 0.3) is 0 Å². The van der Waals surface area contributed by atoms with Gasteiger partial charge in [-0.15, -0.1) is 0 Å². The lowest BCUT2D eigenvalue weighted by atomic mass is 9.94. The Labute approximate surface area is 255 Å². The van der Waals surface area contributed by atoms with Gasteiger partial charge >= 0.3 is 12.2 Å². The fourth-order valence-corrected chi connectivity index (χ4v) is 6.55. The van der Waals surface area contributed by atoms with Crippen LogP contribution in [0.2, 0.25) is 0 Å². The molecule has 3 aliphatic heterocycles. The second-order valence-electron chi connectivity index (χ2n) is 11.9. The Bertz CT molecular complexity index is 1670. The first-order valence-electron chi connectivity index (χ1n) is 14.8. The Morgan fingerprint density at radius 3 is 2.73 bits per heavy atom. The van der Waals surface area contributed by atoms with Crippen molar-refractivity contribution in [2.24, 2.45) is 0 Å². The summed E-state index contributed by atoms with van der Waals surface area (Å²) in [4.78, 5) is 15.2. The topological polar surface area (TPSA) is 110 Å². The molecule has 0 bridgehead atoms. The average Bonchev–Trinajstić information content (AvgIpc) is 3.53. The van der Waals surface area contributed by atoms with Crippen molar-refractivity contribution < 1.29 is 35.8 Å². The van der Waals surface area contributed by atoms with Crippen molar-refractivity contribution in [1.29, 1.82) is 0 Å². The maximum absolute atomic E-state index is 16.6. The van der Waals surface area contributed by atoms with Crippen molar-refractivity contribution in [3.63, 3.8) is 0 Å². The van der Waals surface area contributed by atoms with E-state index in [0.29, 0.717) is 50.9 Å². The molecule has 0 aliphatic carbocycles. The van der Waals surface area contributed by atoms with Crippen molar-refractivity contribution in [3.05, 3.63) is 40.7 Å². The number of alkyl halides is 3. The fourth-order valence-electron chi connectivity index (χ4n) is 6.55. The van der Waals surface area contributed by atoms with Gasteiger partial charge in [0.2, 0.25) is 5.88 Å². The zero-order valence-corrected chi connectivity index (χ0v) is 24.8. The Balaban J connectivity index is 1.54. The minimum Gasteiger partial charge on any atom is -0.474 e. The van der Waals surface area contributed by atoms with E-state index in [1.54, 1.807) is 6.92 Å². The molecule has 0 saturated carbocycles. The van der Waals surface area contributed by atoms with E-state index < -0.39 is 63.0 Å². The molecule has 0 amide bonds. The highest BCUT2D eigenvalue weighted by molar-refractivity contribution is 5.96. The SMILES string of the molecule is Cc1c(F)c(N)cc(-c2nc3c4c(nc(OCC56CCCN5C/C(=C\F)C6)nc4c2F)NCCNCC[C@H](C)O3)c1C(F)(F)F. The first-order valence-corrected chi connectivity index (χ1v) is 14.8. The highest BCUT2D eigenvalue weighted by atomic mass is 19.4.